The number of ether oxygens (including phenoxy) is 2. The fourth-order valence-electron chi connectivity index (χ4n) is 2.89. The first-order valence-corrected chi connectivity index (χ1v) is 9.57. The van der Waals surface area contributed by atoms with Gasteiger partial charge in [-0.05, 0) is 35.9 Å². The Labute approximate surface area is 182 Å². The molecule has 10 heteroatoms. The lowest BCUT2D eigenvalue weighted by Gasteiger charge is -2.10. The lowest BCUT2D eigenvalue weighted by atomic mass is 10.1. The highest BCUT2D eigenvalue weighted by Gasteiger charge is 2.11. The summed E-state index contributed by atoms with van der Waals surface area (Å²) in [7, 11) is 1.50. The maximum Gasteiger partial charge on any atom is 0.411 e. The average Bonchev–Trinajstić information content (AvgIpc) is 2.75. The number of methoxy groups -OCH3 is 1. The van der Waals surface area contributed by atoms with Crippen LogP contribution in [0.3, 0.4) is 0 Å². The van der Waals surface area contributed by atoms with Crippen molar-refractivity contribution in [3.05, 3.63) is 87.6 Å². The molecule has 0 radical (unpaired) electrons. The Kier molecular flexibility index (Phi) is 7.29. The van der Waals surface area contributed by atoms with Crippen molar-refractivity contribution in [3.63, 3.8) is 0 Å². The smallest absolute Gasteiger partial charge is 0.411 e. The van der Waals surface area contributed by atoms with Gasteiger partial charge < -0.3 is 15.2 Å². The van der Waals surface area contributed by atoms with Gasteiger partial charge in [0.1, 0.15) is 18.1 Å². The van der Waals surface area contributed by atoms with Crippen molar-refractivity contribution in [1.29, 1.82) is 0 Å². The van der Waals surface area contributed by atoms with Crippen LogP contribution in [0.1, 0.15) is 21.6 Å². The van der Waals surface area contributed by atoms with Crippen molar-refractivity contribution >= 4 is 17.7 Å². The maximum atomic E-state index is 13.9. The number of rotatable bonds is 8. The first-order chi connectivity index (χ1) is 15.4. The summed E-state index contributed by atoms with van der Waals surface area (Å²) in [6.07, 6.45) is 0.904. The van der Waals surface area contributed by atoms with E-state index in [2.05, 4.69) is 10.4 Å². The van der Waals surface area contributed by atoms with E-state index >= 15 is 0 Å². The Morgan fingerprint density at radius 2 is 1.97 bits per heavy atom. The third kappa shape index (κ3) is 5.99. The van der Waals surface area contributed by atoms with E-state index in [0.717, 1.165) is 6.07 Å². The molecule has 0 unspecified atom stereocenters. The molecule has 9 nitrogen and oxygen atoms in total. The summed E-state index contributed by atoms with van der Waals surface area (Å²) >= 11 is 0. The van der Waals surface area contributed by atoms with E-state index < -0.39 is 17.8 Å². The number of anilines is 1. The first kappa shape index (κ1) is 22.6. The van der Waals surface area contributed by atoms with E-state index in [4.69, 9.17) is 15.2 Å². The van der Waals surface area contributed by atoms with Crippen LogP contribution in [-0.2, 0) is 15.9 Å². The number of hydrogen-bond donors (Lipinski definition) is 2. The predicted molar refractivity (Wildman–Crippen MR) is 114 cm³/mol. The number of amides is 2. The molecule has 0 spiro atoms. The molecule has 2 amide bonds. The SMILES string of the molecule is COCCOC(=O)Nc1cccc(Cc2nn(-c3cc(F)cc(C(N)=O)c3)ccc2=O)c1. The molecule has 1 heterocycles. The largest absolute Gasteiger partial charge is 0.447 e. The number of hydrogen-bond acceptors (Lipinski definition) is 6. The lowest BCUT2D eigenvalue weighted by Crippen LogP contribution is -2.18. The Morgan fingerprint density at radius 3 is 2.72 bits per heavy atom. The number of aromatic nitrogens is 2. The van der Waals surface area contributed by atoms with E-state index in [9.17, 15) is 18.8 Å². The predicted octanol–water partition coefficient (Wildman–Crippen LogP) is 2.26. The normalized spacial score (nSPS) is 10.6. The number of nitrogens with zero attached hydrogens (tertiary/aromatic N) is 2. The standard InChI is InChI=1S/C22H21FN4O5/c1-31-7-8-32-22(30)25-17-4-2-3-14(9-17)10-19-20(28)5-6-27(26-19)18-12-15(21(24)29)11-16(23)13-18/h2-6,9,11-13H,7-8,10H2,1H3,(H2,24,29)(H,25,30). The number of halogens is 1. The van der Waals surface area contributed by atoms with Gasteiger partial charge in [0.25, 0.3) is 0 Å². The maximum absolute atomic E-state index is 13.9. The highest BCUT2D eigenvalue weighted by Crippen LogP contribution is 2.15. The van der Waals surface area contributed by atoms with Crippen LogP contribution in [0.5, 0.6) is 0 Å². The van der Waals surface area contributed by atoms with Gasteiger partial charge in [0.15, 0.2) is 0 Å². The summed E-state index contributed by atoms with van der Waals surface area (Å²) < 4.78 is 25.0. The molecular formula is C22H21FN4O5. The molecule has 0 saturated carbocycles. The van der Waals surface area contributed by atoms with Crippen LogP contribution in [-0.4, -0.2) is 42.1 Å². The second-order valence-corrected chi connectivity index (χ2v) is 6.76. The molecule has 1 aromatic heterocycles. The molecule has 3 N–H and O–H groups in total. The monoisotopic (exact) mass is 440 g/mol. The number of primary amides is 1. The van der Waals surface area contributed by atoms with Crippen LogP contribution < -0.4 is 16.5 Å². The zero-order valence-corrected chi connectivity index (χ0v) is 17.2. The summed E-state index contributed by atoms with van der Waals surface area (Å²) in [5, 5.41) is 6.88. The van der Waals surface area contributed by atoms with Crippen LogP contribution in [0, 0.1) is 5.82 Å². The number of carbonyl (C=O) groups is 2. The van der Waals surface area contributed by atoms with E-state index in [-0.39, 0.29) is 42.0 Å². The summed E-state index contributed by atoms with van der Waals surface area (Å²) in [5.74, 6) is -1.44. The molecule has 3 rings (SSSR count). The van der Waals surface area contributed by atoms with Gasteiger partial charge in [-0.15, -0.1) is 0 Å². The summed E-state index contributed by atoms with van der Waals surface area (Å²) in [6, 6.07) is 11.7. The Bertz CT molecular complexity index is 1190. The molecule has 0 aliphatic heterocycles. The highest BCUT2D eigenvalue weighted by molar-refractivity contribution is 5.93. The Hall–Kier alpha value is -4.05. The van der Waals surface area contributed by atoms with Crippen molar-refractivity contribution in [2.45, 2.75) is 6.42 Å². The minimum Gasteiger partial charge on any atom is -0.447 e. The van der Waals surface area contributed by atoms with Crippen molar-refractivity contribution in [3.8, 4) is 5.69 Å². The van der Waals surface area contributed by atoms with Gasteiger partial charge >= 0.3 is 6.09 Å². The van der Waals surface area contributed by atoms with Crippen molar-refractivity contribution < 1.29 is 23.5 Å². The zero-order chi connectivity index (χ0) is 23.1. The minimum absolute atomic E-state index is 0.0155. The van der Waals surface area contributed by atoms with Crippen LogP contribution in [0.2, 0.25) is 0 Å². The van der Waals surface area contributed by atoms with Crippen molar-refractivity contribution in [2.75, 3.05) is 25.6 Å². The fourth-order valence-corrected chi connectivity index (χ4v) is 2.89. The minimum atomic E-state index is -0.780. The van der Waals surface area contributed by atoms with Crippen LogP contribution >= 0.6 is 0 Å². The Balaban J connectivity index is 1.81. The number of nitrogens with two attached hydrogens (primary N) is 1. The van der Waals surface area contributed by atoms with Gasteiger partial charge in [-0.3, -0.25) is 14.9 Å². The molecule has 32 heavy (non-hydrogen) atoms. The van der Waals surface area contributed by atoms with Gasteiger partial charge in [0.2, 0.25) is 11.3 Å². The molecule has 2 aromatic carbocycles. The molecule has 0 atom stereocenters. The first-order valence-electron chi connectivity index (χ1n) is 9.57. The third-order valence-electron chi connectivity index (χ3n) is 4.38. The van der Waals surface area contributed by atoms with Crippen LogP contribution in [0.25, 0.3) is 5.69 Å². The van der Waals surface area contributed by atoms with E-state index in [1.54, 1.807) is 24.3 Å². The highest BCUT2D eigenvalue weighted by atomic mass is 19.1. The van der Waals surface area contributed by atoms with E-state index in [1.165, 1.54) is 36.2 Å². The van der Waals surface area contributed by atoms with E-state index in [1.807, 2.05) is 0 Å². The van der Waals surface area contributed by atoms with E-state index in [0.29, 0.717) is 11.3 Å². The van der Waals surface area contributed by atoms with Gasteiger partial charge in [-0.2, -0.15) is 5.10 Å². The molecule has 0 saturated heterocycles. The second kappa shape index (κ2) is 10.3. The molecule has 0 aliphatic carbocycles. The number of carbonyl (C=O) groups excluding carboxylic acids is 2. The molecule has 0 fully saturated rings. The molecule has 0 bridgehead atoms. The summed E-state index contributed by atoms with van der Waals surface area (Å²) in [6.45, 7) is 0.401. The molecule has 0 aliphatic rings. The van der Waals surface area contributed by atoms with Crippen molar-refractivity contribution in [1.82, 2.24) is 9.78 Å². The third-order valence-corrected chi connectivity index (χ3v) is 4.38. The zero-order valence-electron chi connectivity index (χ0n) is 17.2. The molecule has 3 aromatic rings. The number of benzene rings is 2. The second-order valence-electron chi connectivity index (χ2n) is 6.76. The Morgan fingerprint density at radius 1 is 1.16 bits per heavy atom. The van der Waals surface area contributed by atoms with Crippen LogP contribution in [0.15, 0.2) is 59.5 Å². The fraction of sp³-hybridized carbons (Fsp3) is 0.182. The number of nitrogens with one attached hydrogen (secondary N) is 1. The van der Waals surface area contributed by atoms with Gasteiger partial charge in [0, 0.05) is 37.0 Å². The van der Waals surface area contributed by atoms with Crippen molar-refractivity contribution in [2.24, 2.45) is 5.73 Å². The van der Waals surface area contributed by atoms with Gasteiger partial charge in [-0.1, -0.05) is 12.1 Å². The summed E-state index contributed by atoms with van der Waals surface area (Å²) in [4.78, 5) is 35.5. The van der Waals surface area contributed by atoms with Crippen LogP contribution in [0.4, 0.5) is 14.9 Å². The molecule has 166 valence electrons. The van der Waals surface area contributed by atoms with Gasteiger partial charge in [0.05, 0.1) is 12.3 Å². The quantitative estimate of drug-likeness (QED) is 0.518. The molecular weight excluding hydrogens is 419 g/mol. The topological polar surface area (TPSA) is 126 Å². The lowest BCUT2D eigenvalue weighted by molar-refractivity contribution is 0.0999. The summed E-state index contributed by atoms with van der Waals surface area (Å²) in [5.41, 5.74) is 6.54. The van der Waals surface area contributed by atoms with Gasteiger partial charge in [-0.25, -0.2) is 13.9 Å². The average molecular weight is 440 g/mol.